The third-order valence-electron chi connectivity index (χ3n) is 4.79. The molecule has 0 spiro atoms. The first-order chi connectivity index (χ1) is 10.8. The highest BCUT2D eigenvalue weighted by atomic mass is 16.3. The number of aromatic nitrogens is 2. The highest BCUT2D eigenvalue weighted by molar-refractivity contribution is 5.76. The monoisotopic (exact) mass is 306 g/mol. The lowest BCUT2D eigenvalue weighted by molar-refractivity contribution is -0.134. The molecule has 1 aromatic heterocycles. The summed E-state index contributed by atoms with van der Waals surface area (Å²) >= 11 is 0. The van der Waals surface area contributed by atoms with E-state index in [1.807, 2.05) is 11.1 Å². The Morgan fingerprint density at radius 3 is 2.95 bits per heavy atom. The minimum Gasteiger partial charge on any atom is -0.396 e. The van der Waals surface area contributed by atoms with Crippen molar-refractivity contribution in [2.75, 3.05) is 32.8 Å². The van der Waals surface area contributed by atoms with Crippen LogP contribution in [0.15, 0.2) is 12.4 Å². The highest BCUT2D eigenvalue weighted by Crippen LogP contribution is 2.31. The topological polar surface area (TPSA) is 72.5 Å². The predicted molar refractivity (Wildman–Crippen MR) is 83.3 cm³/mol. The SMILES string of the molecule is O=C(CCc1cn[nH]c1)N1CCN(CC2CC2)C(CCO)C1. The van der Waals surface area contributed by atoms with Crippen molar-refractivity contribution in [2.45, 2.75) is 38.1 Å². The first kappa shape index (κ1) is 15.5. The fraction of sp³-hybridized carbons (Fsp3) is 0.750. The van der Waals surface area contributed by atoms with Gasteiger partial charge in [-0.25, -0.2) is 0 Å². The fourth-order valence-electron chi connectivity index (χ4n) is 3.24. The van der Waals surface area contributed by atoms with Crippen LogP contribution in [0.25, 0.3) is 0 Å². The Bertz CT molecular complexity index is 473. The van der Waals surface area contributed by atoms with Crippen molar-refractivity contribution in [2.24, 2.45) is 5.92 Å². The van der Waals surface area contributed by atoms with Crippen molar-refractivity contribution >= 4 is 5.91 Å². The number of hydrogen-bond acceptors (Lipinski definition) is 4. The van der Waals surface area contributed by atoms with E-state index >= 15 is 0 Å². The van der Waals surface area contributed by atoms with Crippen LogP contribution >= 0.6 is 0 Å². The van der Waals surface area contributed by atoms with Crippen molar-refractivity contribution < 1.29 is 9.90 Å². The van der Waals surface area contributed by atoms with Crippen LogP contribution in [0.5, 0.6) is 0 Å². The molecular formula is C16H26N4O2. The lowest BCUT2D eigenvalue weighted by Gasteiger charge is -2.41. The molecule has 1 amide bonds. The van der Waals surface area contributed by atoms with Gasteiger partial charge >= 0.3 is 0 Å². The standard InChI is InChI=1S/C16H26N4O2/c21-8-5-15-12-20(7-6-19(15)11-13-1-2-13)16(22)4-3-14-9-17-18-10-14/h9-10,13,15,21H,1-8,11-12H2,(H,17,18). The molecule has 2 heterocycles. The molecule has 6 heteroatoms. The molecule has 1 aliphatic carbocycles. The van der Waals surface area contributed by atoms with Crippen molar-refractivity contribution in [1.82, 2.24) is 20.0 Å². The quantitative estimate of drug-likeness (QED) is 0.776. The molecule has 1 aliphatic heterocycles. The maximum Gasteiger partial charge on any atom is 0.223 e. The van der Waals surface area contributed by atoms with Gasteiger partial charge in [0.2, 0.25) is 5.91 Å². The fourth-order valence-corrected chi connectivity index (χ4v) is 3.24. The second-order valence-electron chi connectivity index (χ2n) is 6.55. The van der Waals surface area contributed by atoms with Gasteiger partial charge < -0.3 is 10.0 Å². The number of amides is 1. The molecule has 1 unspecified atom stereocenters. The zero-order chi connectivity index (χ0) is 15.4. The summed E-state index contributed by atoms with van der Waals surface area (Å²) in [4.78, 5) is 16.9. The first-order valence-corrected chi connectivity index (χ1v) is 8.36. The summed E-state index contributed by atoms with van der Waals surface area (Å²) in [6.45, 7) is 3.86. The molecular weight excluding hydrogens is 280 g/mol. The van der Waals surface area contributed by atoms with E-state index in [4.69, 9.17) is 0 Å². The van der Waals surface area contributed by atoms with E-state index in [0.717, 1.165) is 50.5 Å². The molecule has 2 N–H and O–H groups in total. The number of carbonyl (C=O) groups is 1. The lowest BCUT2D eigenvalue weighted by Crippen LogP contribution is -2.55. The number of piperazine rings is 1. The lowest BCUT2D eigenvalue weighted by atomic mass is 10.1. The molecule has 22 heavy (non-hydrogen) atoms. The number of aliphatic hydroxyl groups is 1. The minimum absolute atomic E-state index is 0.197. The molecule has 122 valence electrons. The van der Waals surface area contributed by atoms with Gasteiger partial charge in [-0.05, 0) is 37.2 Å². The van der Waals surface area contributed by atoms with E-state index in [1.54, 1.807) is 6.20 Å². The van der Waals surface area contributed by atoms with E-state index in [0.29, 0.717) is 12.5 Å². The number of nitrogens with one attached hydrogen (secondary N) is 1. The Kier molecular flexibility index (Phi) is 5.10. The maximum absolute atomic E-state index is 12.4. The van der Waals surface area contributed by atoms with Crippen LogP contribution in [-0.2, 0) is 11.2 Å². The van der Waals surface area contributed by atoms with Crippen molar-refractivity contribution in [3.8, 4) is 0 Å². The number of nitrogens with zero attached hydrogens (tertiary/aromatic N) is 3. The Morgan fingerprint density at radius 1 is 1.41 bits per heavy atom. The zero-order valence-corrected chi connectivity index (χ0v) is 13.1. The normalized spacial score (nSPS) is 23.0. The molecule has 1 saturated carbocycles. The maximum atomic E-state index is 12.4. The van der Waals surface area contributed by atoms with Crippen LogP contribution in [0, 0.1) is 5.92 Å². The average molecular weight is 306 g/mol. The second-order valence-corrected chi connectivity index (χ2v) is 6.55. The largest absolute Gasteiger partial charge is 0.396 e. The van der Waals surface area contributed by atoms with Gasteiger partial charge in [0.15, 0.2) is 0 Å². The van der Waals surface area contributed by atoms with E-state index < -0.39 is 0 Å². The predicted octanol–water partition coefficient (Wildman–Crippen LogP) is 0.647. The number of H-pyrrole nitrogens is 1. The van der Waals surface area contributed by atoms with Gasteiger partial charge in [0, 0.05) is 51.4 Å². The van der Waals surface area contributed by atoms with E-state index in [2.05, 4.69) is 15.1 Å². The summed E-state index contributed by atoms with van der Waals surface area (Å²) in [6, 6.07) is 0.317. The molecule has 3 rings (SSSR count). The third kappa shape index (κ3) is 4.08. The van der Waals surface area contributed by atoms with Crippen molar-refractivity contribution in [3.63, 3.8) is 0 Å². The third-order valence-corrected chi connectivity index (χ3v) is 4.79. The van der Waals surface area contributed by atoms with Crippen LogP contribution < -0.4 is 0 Å². The van der Waals surface area contributed by atoms with Crippen LogP contribution in [0.3, 0.4) is 0 Å². The van der Waals surface area contributed by atoms with Gasteiger partial charge in [0.05, 0.1) is 6.20 Å². The van der Waals surface area contributed by atoms with Gasteiger partial charge in [-0.15, -0.1) is 0 Å². The highest BCUT2D eigenvalue weighted by Gasteiger charge is 2.32. The number of aliphatic hydroxyl groups excluding tert-OH is 1. The summed E-state index contributed by atoms with van der Waals surface area (Å²) in [6.07, 6.45) is 8.34. The van der Waals surface area contributed by atoms with Gasteiger partial charge in [0.1, 0.15) is 0 Å². The smallest absolute Gasteiger partial charge is 0.223 e. The number of aromatic amines is 1. The minimum atomic E-state index is 0.197. The van der Waals surface area contributed by atoms with Crippen LogP contribution in [0.1, 0.15) is 31.2 Å². The molecule has 2 aliphatic rings. The molecule has 1 aromatic rings. The van der Waals surface area contributed by atoms with Crippen molar-refractivity contribution in [1.29, 1.82) is 0 Å². The summed E-state index contributed by atoms with van der Waals surface area (Å²) in [7, 11) is 0. The second kappa shape index (κ2) is 7.24. The average Bonchev–Trinajstić information content (AvgIpc) is 3.18. The summed E-state index contributed by atoms with van der Waals surface area (Å²) in [5.74, 6) is 1.07. The molecule has 6 nitrogen and oxygen atoms in total. The molecule has 0 radical (unpaired) electrons. The molecule has 0 aromatic carbocycles. The molecule has 1 atom stereocenters. The van der Waals surface area contributed by atoms with E-state index in [-0.39, 0.29) is 12.5 Å². The van der Waals surface area contributed by atoms with Crippen LogP contribution in [-0.4, -0.2) is 69.8 Å². The molecule has 1 saturated heterocycles. The van der Waals surface area contributed by atoms with Gasteiger partial charge in [0.25, 0.3) is 0 Å². The number of carbonyl (C=O) groups excluding carboxylic acids is 1. The van der Waals surface area contributed by atoms with Gasteiger partial charge in [-0.3, -0.25) is 14.8 Å². The van der Waals surface area contributed by atoms with Crippen LogP contribution in [0.4, 0.5) is 0 Å². The van der Waals surface area contributed by atoms with E-state index in [9.17, 15) is 9.90 Å². The Balaban J connectivity index is 1.50. The van der Waals surface area contributed by atoms with E-state index in [1.165, 1.54) is 12.8 Å². The van der Waals surface area contributed by atoms with Gasteiger partial charge in [-0.2, -0.15) is 5.10 Å². The zero-order valence-electron chi connectivity index (χ0n) is 13.1. The summed E-state index contributed by atoms with van der Waals surface area (Å²) < 4.78 is 0. The Morgan fingerprint density at radius 2 is 2.27 bits per heavy atom. The Hall–Kier alpha value is -1.40. The first-order valence-electron chi connectivity index (χ1n) is 8.36. The summed E-state index contributed by atoms with van der Waals surface area (Å²) in [5.41, 5.74) is 1.08. The molecule has 0 bridgehead atoms. The van der Waals surface area contributed by atoms with Crippen molar-refractivity contribution in [3.05, 3.63) is 18.0 Å². The van der Waals surface area contributed by atoms with Crippen LogP contribution in [0.2, 0.25) is 0 Å². The number of aryl methyl sites for hydroxylation is 1. The Labute approximate surface area is 131 Å². The molecule has 2 fully saturated rings. The van der Waals surface area contributed by atoms with Gasteiger partial charge in [-0.1, -0.05) is 0 Å². The number of hydrogen-bond donors (Lipinski definition) is 2. The summed E-state index contributed by atoms with van der Waals surface area (Å²) in [5, 5.41) is 16.0. The number of rotatable bonds is 7.